The van der Waals surface area contributed by atoms with Gasteiger partial charge in [0.1, 0.15) is 36.1 Å². The minimum absolute atomic E-state index is 0.328. The van der Waals surface area contributed by atoms with Gasteiger partial charge in [-0.3, -0.25) is 15.0 Å². The molecule has 0 aliphatic carbocycles. The van der Waals surface area contributed by atoms with Crippen molar-refractivity contribution in [2.75, 3.05) is 0 Å². The number of hydrogen-bond acceptors (Lipinski definition) is 6. The van der Waals surface area contributed by atoms with Crippen LogP contribution >= 0.6 is 0 Å². The van der Waals surface area contributed by atoms with E-state index in [2.05, 4.69) is 20.0 Å². The summed E-state index contributed by atoms with van der Waals surface area (Å²) in [5.41, 5.74) is 4.52. The second-order valence-corrected chi connectivity index (χ2v) is 7.14. The Bertz CT molecular complexity index is 1210. The van der Waals surface area contributed by atoms with E-state index in [0.29, 0.717) is 24.7 Å². The second-order valence-electron chi connectivity index (χ2n) is 7.14. The summed E-state index contributed by atoms with van der Waals surface area (Å²) in [6, 6.07) is 26.8. The van der Waals surface area contributed by atoms with Crippen LogP contribution in [0.5, 0.6) is 11.5 Å². The summed E-state index contributed by atoms with van der Waals surface area (Å²) in [6.07, 6.45) is 3.44. The maximum Gasteiger partial charge on any atom is 0.145 e. The third kappa shape index (κ3) is 4.70. The van der Waals surface area contributed by atoms with E-state index in [1.165, 1.54) is 0 Å². The van der Waals surface area contributed by atoms with Crippen LogP contribution in [0.25, 0.3) is 0 Å². The highest BCUT2D eigenvalue weighted by atomic mass is 16.5. The van der Waals surface area contributed by atoms with Crippen LogP contribution in [0.4, 0.5) is 11.4 Å². The molecule has 0 radical (unpaired) electrons. The van der Waals surface area contributed by atoms with E-state index in [-0.39, 0.29) is 0 Å². The number of para-hydroxylation sites is 4. The Morgan fingerprint density at radius 1 is 0.500 bits per heavy atom. The van der Waals surface area contributed by atoms with E-state index >= 15 is 0 Å². The molecule has 2 aromatic heterocycles. The minimum Gasteiger partial charge on any atom is -0.485 e. The normalized spacial score (nSPS) is 13.0. The molecule has 6 heteroatoms. The predicted octanol–water partition coefficient (Wildman–Crippen LogP) is 5.45. The minimum atomic E-state index is 0.328. The SMILES string of the molecule is C1=Nc2ccccc2OCc2cccc(n2)COc2ccccc2N=Cc2cccc1n2. The Balaban J connectivity index is 1.55. The molecule has 0 atom stereocenters. The molecular weight excluding hydrogens is 400 g/mol. The molecule has 1 aliphatic heterocycles. The fourth-order valence-corrected chi connectivity index (χ4v) is 3.25. The molecule has 0 N–H and O–H groups in total. The highest BCUT2D eigenvalue weighted by molar-refractivity contribution is 5.84. The van der Waals surface area contributed by atoms with Gasteiger partial charge < -0.3 is 9.47 Å². The number of nitrogens with zero attached hydrogens (tertiary/aromatic N) is 4. The van der Waals surface area contributed by atoms with Gasteiger partial charge in [-0.2, -0.15) is 0 Å². The summed E-state index contributed by atoms with van der Waals surface area (Å²) < 4.78 is 12.0. The molecule has 4 aromatic rings. The quantitative estimate of drug-likeness (QED) is 0.379. The van der Waals surface area contributed by atoms with Crippen LogP contribution in [-0.4, -0.2) is 22.4 Å². The summed E-state index contributed by atoms with van der Waals surface area (Å²) in [6.45, 7) is 0.657. The van der Waals surface area contributed by atoms with Gasteiger partial charge in [0.05, 0.1) is 35.2 Å². The van der Waals surface area contributed by atoms with Crippen LogP contribution in [-0.2, 0) is 13.2 Å². The second kappa shape index (κ2) is 9.22. The molecule has 0 saturated carbocycles. The number of aromatic nitrogens is 2. The largest absolute Gasteiger partial charge is 0.485 e. The summed E-state index contributed by atoms with van der Waals surface area (Å²) in [7, 11) is 0. The topological polar surface area (TPSA) is 69.0 Å². The van der Waals surface area contributed by atoms with Crippen molar-refractivity contribution in [2.45, 2.75) is 13.2 Å². The number of ether oxygens (including phenoxy) is 2. The molecule has 6 nitrogen and oxygen atoms in total. The lowest BCUT2D eigenvalue weighted by Crippen LogP contribution is -2.04. The van der Waals surface area contributed by atoms with Gasteiger partial charge in [0.15, 0.2) is 0 Å². The maximum atomic E-state index is 6.02. The first-order valence-corrected chi connectivity index (χ1v) is 10.3. The molecule has 2 aromatic carbocycles. The summed E-state index contributed by atoms with van der Waals surface area (Å²) >= 11 is 0. The van der Waals surface area contributed by atoms with Crippen molar-refractivity contribution in [1.82, 2.24) is 9.97 Å². The highest BCUT2D eigenvalue weighted by Gasteiger charge is 2.07. The first-order chi connectivity index (χ1) is 15.8. The molecule has 0 amide bonds. The summed E-state index contributed by atoms with van der Waals surface area (Å²) in [4.78, 5) is 18.5. The third-order valence-electron chi connectivity index (χ3n) is 4.81. The first kappa shape index (κ1) is 19.6. The Hall–Kier alpha value is -4.32. The van der Waals surface area contributed by atoms with Crippen LogP contribution in [0.1, 0.15) is 22.8 Å². The molecule has 156 valence electrons. The molecule has 5 rings (SSSR count). The van der Waals surface area contributed by atoms with E-state index in [4.69, 9.17) is 9.47 Å². The first-order valence-electron chi connectivity index (χ1n) is 10.3. The van der Waals surface area contributed by atoms with Crippen molar-refractivity contribution in [1.29, 1.82) is 0 Å². The molecule has 3 heterocycles. The Morgan fingerprint density at radius 2 is 1.00 bits per heavy atom. The molecule has 4 bridgehead atoms. The molecular formula is C26H20N4O2. The fraction of sp³-hybridized carbons (Fsp3) is 0.0769. The van der Waals surface area contributed by atoms with Crippen LogP contribution in [0.2, 0.25) is 0 Å². The Kier molecular flexibility index (Phi) is 5.66. The van der Waals surface area contributed by atoms with E-state index in [1.54, 1.807) is 12.4 Å². The van der Waals surface area contributed by atoms with Gasteiger partial charge in [-0.25, -0.2) is 4.98 Å². The lowest BCUT2D eigenvalue weighted by molar-refractivity contribution is 0.291. The number of benzene rings is 2. The summed E-state index contributed by atoms with van der Waals surface area (Å²) in [5, 5.41) is 0. The van der Waals surface area contributed by atoms with Crippen molar-refractivity contribution in [2.24, 2.45) is 9.98 Å². The zero-order valence-electron chi connectivity index (χ0n) is 17.3. The fourth-order valence-electron chi connectivity index (χ4n) is 3.25. The average Bonchev–Trinajstić information content (AvgIpc) is 2.85. The van der Waals surface area contributed by atoms with Crippen molar-refractivity contribution < 1.29 is 9.47 Å². The summed E-state index contributed by atoms with van der Waals surface area (Å²) in [5.74, 6) is 1.36. The molecule has 1 aliphatic rings. The smallest absolute Gasteiger partial charge is 0.145 e. The Morgan fingerprint density at radius 3 is 1.56 bits per heavy atom. The van der Waals surface area contributed by atoms with Crippen molar-refractivity contribution >= 4 is 23.8 Å². The zero-order valence-corrected chi connectivity index (χ0v) is 17.3. The van der Waals surface area contributed by atoms with Crippen LogP contribution in [0, 0.1) is 0 Å². The van der Waals surface area contributed by atoms with Gasteiger partial charge in [-0.15, -0.1) is 0 Å². The van der Waals surface area contributed by atoms with Crippen LogP contribution in [0.3, 0.4) is 0 Å². The molecule has 32 heavy (non-hydrogen) atoms. The number of rotatable bonds is 0. The lowest BCUT2D eigenvalue weighted by Gasteiger charge is -2.11. The molecule has 0 spiro atoms. The standard InChI is InChI=1S/C26H20N4O2/c1-3-13-25-23(11-1)27-15-19-7-5-8-20(29-19)16-28-24-12-2-4-14-26(24)32-18-22-10-6-9-21(30-22)17-31-25/h1-16H,17-18H2. The van der Waals surface area contributed by atoms with Gasteiger partial charge in [0.2, 0.25) is 0 Å². The number of pyridine rings is 2. The lowest BCUT2D eigenvalue weighted by atomic mass is 10.2. The van der Waals surface area contributed by atoms with Gasteiger partial charge in [0.25, 0.3) is 0 Å². The molecule has 0 unspecified atom stereocenters. The van der Waals surface area contributed by atoms with Crippen LogP contribution in [0.15, 0.2) is 94.9 Å². The Labute approximate surface area is 186 Å². The monoisotopic (exact) mass is 420 g/mol. The van der Waals surface area contributed by atoms with E-state index in [0.717, 1.165) is 34.2 Å². The van der Waals surface area contributed by atoms with Gasteiger partial charge in [-0.05, 0) is 48.5 Å². The predicted molar refractivity (Wildman–Crippen MR) is 125 cm³/mol. The van der Waals surface area contributed by atoms with Crippen molar-refractivity contribution in [3.05, 3.63) is 108 Å². The highest BCUT2D eigenvalue weighted by Crippen LogP contribution is 2.29. The van der Waals surface area contributed by atoms with Crippen molar-refractivity contribution in [3.63, 3.8) is 0 Å². The van der Waals surface area contributed by atoms with Gasteiger partial charge >= 0.3 is 0 Å². The maximum absolute atomic E-state index is 6.02. The average molecular weight is 420 g/mol. The van der Waals surface area contributed by atoms with Crippen LogP contribution < -0.4 is 9.47 Å². The molecule has 0 saturated heterocycles. The van der Waals surface area contributed by atoms with Gasteiger partial charge in [-0.1, -0.05) is 36.4 Å². The van der Waals surface area contributed by atoms with E-state index in [9.17, 15) is 0 Å². The van der Waals surface area contributed by atoms with E-state index < -0.39 is 0 Å². The van der Waals surface area contributed by atoms with Crippen molar-refractivity contribution in [3.8, 4) is 11.5 Å². The van der Waals surface area contributed by atoms with Gasteiger partial charge in [0, 0.05) is 0 Å². The molecule has 0 fully saturated rings. The zero-order chi connectivity index (χ0) is 21.6. The number of aliphatic imine (C=N–C) groups is 2. The number of fused-ring (bicyclic) bond motifs is 6. The van der Waals surface area contributed by atoms with E-state index in [1.807, 2.05) is 84.9 Å². The third-order valence-corrected chi connectivity index (χ3v) is 4.81. The number of hydrogen-bond donors (Lipinski definition) is 0.